The first-order chi connectivity index (χ1) is 12.6. The lowest BCUT2D eigenvalue weighted by atomic mass is 9.76. The summed E-state index contributed by atoms with van der Waals surface area (Å²) < 4.78 is 0. The van der Waals surface area contributed by atoms with E-state index in [1.165, 1.54) is 5.56 Å². The van der Waals surface area contributed by atoms with E-state index < -0.39 is 0 Å². The van der Waals surface area contributed by atoms with Gasteiger partial charge in [0.05, 0.1) is 0 Å². The first-order valence-electron chi connectivity index (χ1n) is 10.0. The molecule has 1 aliphatic rings. The van der Waals surface area contributed by atoms with E-state index in [2.05, 4.69) is 59.8 Å². The van der Waals surface area contributed by atoms with Crippen molar-refractivity contribution in [1.82, 2.24) is 15.5 Å². The number of aliphatic imine (C=N–C) groups is 1. The Morgan fingerprint density at radius 1 is 1.08 bits per heavy atom. The Hall–Kier alpha value is -2.04. The van der Waals surface area contributed by atoms with Gasteiger partial charge in [0.1, 0.15) is 6.54 Å². The molecule has 1 aliphatic heterocycles. The van der Waals surface area contributed by atoms with Crippen LogP contribution in [0.2, 0.25) is 0 Å². The molecule has 1 saturated heterocycles. The molecule has 0 unspecified atom stereocenters. The van der Waals surface area contributed by atoms with Crippen LogP contribution in [0.3, 0.4) is 0 Å². The highest BCUT2D eigenvalue weighted by molar-refractivity contribution is 5.85. The molecule has 1 heterocycles. The normalized spacial score (nSPS) is 15.2. The molecule has 5 nitrogen and oxygen atoms in total. The molecule has 2 N–H and O–H groups in total. The zero-order valence-electron chi connectivity index (χ0n) is 16.6. The van der Waals surface area contributed by atoms with Crippen LogP contribution in [0.5, 0.6) is 0 Å². The largest absolute Gasteiger partial charge is 0.357 e. The van der Waals surface area contributed by atoms with Gasteiger partial charge in [-0.1, -0.05) is 44.2 Å². The molecule has 0 atom stereocenters. The van der Waals surface area contributed by atoms with Gasteiger partial charge in [-0.2, -0.15) is 0 Å². The monoisotopic (exact) mass is 358 g/mol. The number of carbonyl (C=O) groups excluding carboxylic acids is 1. The Kier molecular flexibility index (Phi) is 7.95. The Morgan fingerprint density at radius 3 is 2.31 bits per heavy atom. The zero-order chi connectivity index (χ0) is 18.8. The second kappa shape index (κ2) is 10.2. The first kappa shape index (κ1) is 20.3. The number of nitrogens with one attached hydrogen (secondary N) is 2. The molecule has 0 spiro atoms. The van der Waals surface area contributed by atoms with Crippen molar-refractivity contribution in [2.24, 2.45) is 4.99 Å². The van der Waals surface area contributed by atoms with Crippen LogP contribution in [0.4, 0.5) is 0 Å². The smallest absolute Gasteiger partial charge is 0.244 e. The Balaban J connectivity index is 2.03. The molecule has 5 heteroatoms. The van der Waals surface area contributed by atoms with E-state index in [9.17, 15) is 4.79 Å². The summed E-state index contributed by atoms with van der Waals surface area (Å²) in [6.45, 7) is 10.1. The third-order valence-electron chi connectivity index (χ3n) is 5.51. The molecular weight excluding hydrogens is 324 g/mol. The number of guanidine groups is 1. The molecule has 144 valence electrons. The van der Waals surface area contributed by atoms with Crippen molar-refractivity contribution in [3.63, 3.8) is 0 Å². The van der Waals surface area contributed by atoms with E-state index in [1.807, 2.05) is 11.8 Å². The highest BCUT2D eigenvalue weighted by Crippen LogP contribution is 2.30. The molecule has 1 aromatic carbocycles. The van der Waals surface area contributed by atoms with Crippen LogP contribution in [0, 0.1) is 0 Å². The van der Waals surface area contributed by atoms with E-state index in [0.29, 0.717) is 0 Å². The van der Waals surface area contributed by atoms with Gasteiger partial charge in [0, 0.05) is 31.6 Å². The van der Waals surface area contributed by atoms with Crippen LogP contribution in [-0.4, -0.2) is 49.5 Å². The summed E-state index contributed by atoms with van der Waals surface area (Å²) in [5, 5.41) is 6.74. The van der Waals surface area contributed by atoms with Gasteiger partial charge in [0.25, 0.3) is 0 Å². The number of benzene rings is 1. The fraction of sp³-hybridized carbons (Fsp3) is 0.619. The lowest BCUT2D eigenvalue weighted by Gasteiger charge is -2.33. The average Bonchev–Trinajstić information content (AvgIpc) is 3.22. The summed E-state index contributed by atoms with van der Waals surface area (Å²) in [6, 6.07) is 10.7. The number of carbonyl (C=O) groups is 1. The van der Waals surface area contributed by atoms with E-state index in [-0.39, 0.29) is 17.9 Å². The minimum atomic E-state index is 0.0659. The van der Waals surface area contributed by atoms with E-state index in [1.54, 1.807) is 0 Å². The molecule has 0 aromatic heterocycles. The van der Waals surface area contributed by atoms with Gasteiger partial charge in [-0.25, -0.2) is 4.99 Å². The average molecular weight is 359 g/mol. The van der Waals surface area contributed by atoms with Crippen molar-refractivity contribution < 1.29 is 4.79 Å². The van der Waals surface area contributed by atoms with Gasteiger partial charge in [0.2, 0.25) is 5.91 Å². The van der Waals surface area contributed by atoms with Crippen molar-refractivity contribution in [3.05, 3.63) is 35.9 Å². The predicted molar refractivity (Wildman–Crippen MR) is 108 cm³/mol. The quantitative estimate of drug-likeness (QED) is 0.555. The van der Waals surface area contributed by atoms with Crippen molar-refractivity contribution >= 4 is 11.9 Å². The number of hydrogen-bond donors (Lipinski definition) is 2. The predicted octanol–water partition coefficient (Wildman–Crippen LogP) is 2.92. The summed E-state index contributed by atoms with van der Waals surface area (Å²) in [6.07, 6.45) is 4.32. The standard InChI is InChI=1S/C21H34N4O/c1-4-21(5-2,18-12-8-7-9-13-18)17-24-20(22-6-3)23-16-19(26)25-14-10-11-15-25/h7-9,12-13H,4-6,10-11,14-17H2,1-3H3,(H2,22,23,24). The van der Waals surface area contributed by atoms with E-state index in [4.69, 9.17) is 0 Å². The molecule has 0 saturated carbocycles. The third-order valence-corrected chi connectivity index (χ3v) is 5.51. The fourth-order valence-corrected chi connectivity index (χ4v) is 3.61. The number of likely N-dealkylation sites (tertiary alicyclic amines) is 1. The van der Waals surface area contributed by atoms with Gasteiger partial charge in [-0.05, 0) is 38.2 Å². The maximum atomic E-state index is 12.3. The fourth-order valence-electron chi connectivity index (χ4n) is 3.61. The molecule has 26 heavy (non-hydrogen) atoms. The molecule has 1 fully saturated rings. The summed E-state index contributed by atoms with van der Waals surface area (Å²) in [4.78, 5) is 18.7. The summed E-state index contributed by atoms with van der Waals surface area (Å²) in [5.41, 5.74) is 1.41. The second-order valence-electron chi connectivity index (χ2n) is 6.99. The minimum Gasteiger partial charge on any atom is -0.357 e. The Bertz CT molecular complexity index is 575. The zero-order valence-corrected chi connectivity index (χ0v) is 16.6. The Morgan fingerprint density at radius 2 is 1.73 bits per heavy atom. The number of hydrogen-bond acceptors (Lipinski definition) is 2. The first-order valence-corrected chi connectivity index (χ1v) is 10.0. The number of amides is 1. The van der Waals surface area contributed by atoms with Gasteiger partial charge >= 0.3 is 0 Å². The van der Waals surface area contributed by atoms with Gasteiger partial charge in [-0.3, -0.25) is 4.79 Å². The molecule has 1 amide bonds. The Labute approximate surface area is 158 Å². The highest BCUT2D eigenvalue weighted by Gasteiger charge is 2.28. The van der Waals surface area contributed by atoms with Crippen molar-refractivity contribution in [3.8, 4) is 0 Å². The lowest BCUT2D eigenvalue weighted by molar-refractivity contribution is -0.128. The van der Waals surface area contributed by atoms with E-state index >= 15 is 0 Å². The minimum absolute atomic E-state index is 0.0659. The number of nitrogens with zero attached hydrogens (tertiary/aromatic N) is 2. The van der Waals surface area contributed by atoms with Crippen molar-refractivity contribution in [2.45, 2.75) is 51.9 Å². The van der Waals surface area contributed by atoms with Gasteiger partial charge in [0.15, 0.2) is 5.96 Å². The molecule has 0 bridgehead atoms. The van der Waals surface area contributed by atoms with Crippen molar-refractivity contribution in [2.75, 3.05) is 32.7 Å². The summed E-state index contributed by atoms with van der Waals surface area (Å²) >= 11 is 0. The molecular formula is C21H34N4O. The molecule has 1 aromatic rings. The molecule has 0 radical (unpaired) electrons. The summed E-state index contributed by atoms with van der Waals surface area (Å²) in [7, 11) is 0. The van der Waals surface area contributed by atoms with Crippen LogP contribution in [-0.2, 0) is 10.2 Å². The van der Waals surface area contributed by atoms with E-state index in [0.717, 1.165) is 57.8 Å². The van der Waals surface area contributed by atoms with Crippen molar-refractivity contribution in [1.29, 1.82) is 0 Å². The maximum absolute atomic E-state index is 12.3. The topological polar surface area (TPSA) is 56.7 Å². The number of rotatable bonds is 8. The maximum Gasteiger partial charge on any atom is 0.244 e. The molecule has 2 rings (SSSR count). The lowest BCUT2D eigenvalue weighted by Crippen LogP contribution is -2.45. The van der Waals surface area contributed by atoms with Crippen LogP contribution in [0.1, 0.15) is 52.0 Å². The second-order valence-corrected chi connectivity index (χ2v) is 6.99. The van der Waals surface area contributed by atoms with Crippen LogP contribution in [0.15, 0.2) is 35.3 Å². The van der Waals surface area contributed by atoms with Crippen LogP contribution < -0.4 is 10.6 Å². The molecule has 0 aliphatic carbocycles. The van der Waals surface area contributed by atoms with Crippen LogP contribution >= 0.6 is 0 Å². The SMILES string of the molecule is CCNC(=NCC(=O)N1CCCC1)NCC(CC)(CC)c1ccccc1. The van der Waals surface area contributed by atoms with Gasteiger partial charge < -0.3 is 15.5 Å². The highest BCUT2D eigenvalue weighted by atomic mass is 16.2. The van der Waals surface area contributed by atoms with Gasteiger partial charge in [-0.15, -0.1) is 0 Å². The third kappa shape index (κ3) is 5.23. The summed E-state index contributed by atoms with van der Waals surface area (Å²) in [5.74, 6) is 0.849. The van der Waals surface area contributed by atoms with Crippen LogP contribution in [0.25, 0.3) is 0 Å².